The molecule has 0 rings (SSSR count). The van der Waals surface area contributed by atoms with E-state index in [4.69, 9.17) is 9.47 Å². The standard InChI is InChI=1S/C12H21O3Si/c1-6-11(16)15-12(13)9(4)7-14-10(5)8(2)3/h7-8,10-11H,6H2,1-5H3/b9-7+. The van der Waals surface area contributed by atoms with Gasteiger partial charge >= 0.3 is 5.97 Å². The van der Waals surface area contributed by atoms with Gasteiger partial charge in [0.05, 0.1) is 33.9 Å². The Balaban J connectivity index is 4.17. The molecular weight excluding hydrogens is 220 g/mol. The minimum atomic E-state index is -0.349. The average Bonchev–Trinajstić information content (AvgIpc) is 2.24. The van der Waals surface area contributed by atoms with Gasteiger partial charge in [0.25, 0.3) is 0 Å². The summed E-state index contributed by atoms with van der Waals surface area (Å²) in [6.45, 7) is 9.72. The molecule has 0 heterocycles. The molecule has 91 valence electrons. The van der Waals surface area contributed by atoms with Crippen LogP contribution in [0.25, 0.3) is 0 Å². The van der Waals surface area contributed by atoms with Crippen molar-refractivity contribution < 1.29 is 14.3 Å². The van der Waals surface area contributed by atoms with Crippen LogP contribution < -0.4 is 0 Å². The molecule has 2 atom stereocenters. The average molecular weight is 241 g/mol. The van der Waals surface area contributed by atoms with Crippen molar-refractivity contribution >= 4 is 16.2 Å². The number of carbonyl (C=O) groups excluding carboxylic acids is 1. The predicted octanol–water partition coefficient (Wildman–Crippen LogP) is 2.40. The van der Waals surface area contributed by atoms with Crippen molar-refractivity contribution in [1.29, 1.82) is 0 Å². The zero-order valence-electron chi connectivity index (χ0n) is 10.7. The molecule has 0 N–H and O–H groups in total. The van der Waals surface area contributed by atoms with Gasteiger partial charge < -0.3 is 9.47 Å². The van der Waals surface area contributed by atoms with Gasteiger partial charge in [0.2, 0.25) is 0 Å². The van der Waals surface area contributed by atoms with E-state index in [0.29, 0.717) is 11.5 Å². The summed E-state index contributed by atoms with van der Waals surface area (Å²) in [7, 11) is 3.29. The summed E-state index contributed by atoms with van der Waals surface area (Å²) in [6.07, 6.45) is 2.30. The molecule has 0 aliphatic carbocycles. The van der Waals surface area contributed by atoms with E-state index in [1.54, 1.807) is 6.92 Å². The van der Waals surface area contributed by atoms with E-state index in [1.165, 1.54) is 6.26 Å². The Morgan fingerprint density at radius 3 is 2.38 bits per heavy atom. The van der Waals surface area contributed by atoms with Crippen molar-refractivity contribution in [1.82, 2.24) is 0 Å². The number of hydrogen-bond acceptors (Lipinski definition) is 3. The van der Waals surface area contributed by atoms with Crippen LogP contribution in [0.2, 0.25) is 0 Å². The maximum absolute atomic E-state index is 11.5. The molecule has 0 bridgehead atoms. The fraction of sp³-hybridized carbons (Fsp3) is 0.750. The van der Waals surface area contributed by atoms with Crippen molar-refractivity contribution in [3.63, 3.8) is 0 Å². The maximum Gasteiger partial charge on any atom is 0.336 e. The quantitative estimate of drug-likeness (QED) is 0.310. The lowest BCUT2D eigenvalue weighted by molar-refractivity contribution is -0.141. The third kappa shape index (κ3) is 5.95. The summed E-state index contributed by atoms with van der Waals surface area (Å²) in [5, 5.41) is 0. The second kappa shape index (κ2) is 7.49. The van der Waals surface area contributed by atoms with Crippen molar-refractivity contribution in [2.75, 3.05) is 0 Å². The molecule has 0 aromatic rings. The highest BCUT2D eigenvalue weighted by Gasteiger charge is 2.11. The van der Waals surface area contributed by atoms with Gasteiger partial charge in [-0.2, -0.15) is 0 Å². The fourth-order valence-corrected chi connectivity index (χ4v) is 0.827. The van der Waals surface area contributed by atoms with Gasteiger partial charge in [0.1, 0.15) is 0 Å². The van der Waals surface area contributed by atoms with Crippen molar-refractivity contribution in [2.24, 2.45) is 5.92 Å². The highest BCUT2D eigenvalue weighted by atomic mass is 28.1. The third-order valence-corrected chi connectivity index (χ3v) is 2.87. The summed E-state index contributed by atoms with van der Waals surface area (Å²) in [6, 6.07) is 0. The smallest absolute Gasteiger partial charge is 0.336 e. The molecule has 0 spiro atoms. The van der Waals surface area contributed by atoms with Crippen LogP contribution in [0.1, 0.15) is 41.0 Å². The highest BCUT2D eigenvalue weighted by Crippen LogP contribution is 2.08. The molecule has 3 nitrogen and oxygen atoms in total. The van der Waals surface area contributed by atoms with Crippen LogP contribution in [0.3, 0.4) is 0 Å². The molecule has 0 aromatic carbocycles. The lowest BCUT2D eigenvalue weighted by atomic mass is 10.1. The molecule has 0 aliphatic rings. The van der Waals surface area contributed by atoms with Gasteiger partial charge in [-0.05, 0) is 26.2 Å². The molecule has 0 aromatic heterocycles. The van der Waals surface area contributed by atoms with Gasteiger partial charge in [-0.25, -0.2) is 4.79 Å². The predicted molar refractivity (Wildman–Crippen MR) is 65.1 cm³/mol. The summed E-state index contributed by atoms with van der Waals surface area (Å²) in [5.74, 6) is 0.0667. The van der Waals surface area contributed by atoms with Crippen molar-refractivity contribution in [2.45, 2.75) is 52.9 Å². The first kappa shape index (κ1) is 15.2. The number of ether oxygens (including phenoxy) is 2. The van der Waals surface area contributed by atoms with Gasteiger partial charge in [0.15, 0.2) is 0 Å². The Labute approximate surface area is 102 Å². The van der Waals surface area contributed by atoms with Crippen molar-refractivity contribution in [3.05, 3.63) is 11.8 Å². The monoisotopic (exact) mass is 241 g/mol. The minimum Gasteiger partial charge on any atom is -0.498 e. The molecule has 16 heavy (non-hydrogen) atoms. The van der Waals surface area contributed by atoms with E-state index in [9.17, 15) is 4.79 Å². The number of carbonyl (C=O) groups is 1. The number of rotatable bonds is 6. The lowest BCUT2D eigenvalue weighted by Crippen LogP contribution is -2.19. The van der Waals surface area contributed by atoms with Crippen LogP contribution in [-0.2, 0) is 14.3 Å². The Morgan fingerprint density at radius 2 is 1.94 bits per heavy atom. The summed E-state index contributed by atoms with van der Waals surface area (Å²) in [4.78, 5) is 11.5. The molecule has 0 aliphatic heterocycles. The normalized spacial score (nSPS) is 15.8. The van der Waals surface area contributed by atoms with Crippen LogP contribution in [0.15, 0.2) is 11.8 Å². The Bertz CT molecular complexity index is 249. The maximum atomic E-state index is 11.5. The van der Waals surface area contributed by atoms with Crippen molar-refractivity contribution in [3.8, 4) is 0 Å². The molecule has 0 amide bonds. The van der Waals surface area contributed by atoms with Crippen LogP contribution in [0.4, 0.5) is 0 Å². The SMILES string of the molecule is CCC([Si])OC(=O)/C(C)=C/OC(C)C(C)C. The van der Waals surface area contributed by atoms with E-state index in [2.05, 4.69) is 24.1 Å². The van der Waals surface area contributed by atoms with Crippen LogP contribution >= 0.6 is 0 Å². The van der Waals surface area contributed by atoms with E-state index >= 15 is 0 Å². The lowest BCUT2D eigenvalue weighted by Gasteiger charge is -2.16. The van der Waals surface area contributed by atoms with Crippen LogP contribution in [0.5, 0.6) is 0 Å². The summed E-state index contributed by atoms with van der Waals surface area (Å²) >= 11 is 0. The largest absolute Gasteiger partial charge is 0.498 e. The molecule has 0 fully saturated rings. The second-order valence-corrected chi connectivity index (χ2v) is 4.83. The first-order valence-corrected chi connectivity index (χ1v) is 6.20. The first-order valence-electron chi connectivity index (χ1n) is 5.62. The van der Waals surface area contributed by atoms with E-state index in [1.807, 2.05) is 13.8 Å². The fourth-order valence-electron chi connectivity index (χ4n) is 0.720. The molecule has 3 radical (unpaired) electrons. The Morgan fingerprint density at radius 1 is 1.38 bits per heavy atom. The molecule has 4 heteroatoms. The zero-order chi connectivity index (χ0) is 12.7. The number of hydrogen-bond donors (Lipinski definition) is 0. The van der Waals surface area contributed by atoms with Crippen LogP contribution in [0, 0.1) is 5.92 Å². The van der Waals surface area contributed by atoms with Gasteiger partial charge in [0, 0.05) is 0 Å². The Kier molecular flexibility index (Phi) is 7.13. The highest BCUT2D eigenvalue weighted by molar-refractivity contribution is 6.12. The zero-order valence-corrected chi connectivity index (χ0v) is 11.7. The van der Waals surface area contributed by atoms with Gasteiger partial charge in [-0.15, -0.1) is 0 Å². The first-order chi connectivity index (χ1) is 7.38. The minimum absolute atomic E-state index is 0.0909. The molecule has 0 saturated heterocycles. The van der Waals surface area contributed by atoms with E-state index in [0.717, 1.165) is 6.42 Å². The summed E-state index contributed by atoms with van der Waals surface area (Å²) in [5.41, 5.74) is 0.238. The molecule has 0 saturated carbocycles. The van der Waals surface area contributed by atoms with Crippen LogP contribution in [-0.4, -0.2) is 28.0 Å². The van der Waals surface area contributed by atoms with E-state index < -0.39 is 0 Å². The van der Waals surface area contributed by atoms with Gasteiger partial charge in [-0.3, -0.25) is 0 Å². The molecular formula is C12H21O3Si. The summed E-state index contributed by atoms with van der Waals surface area (Å²) < 4.78 is 10.5. The number of esters is 1. The second-order valence-electron chi connectivity index (χ2n) is 4.19. The molecule has 2 unspecified atom stereocenters. The topological polar surface area (TPSA) is 35.5 Å². The third-order valence-electron chi connectivity index (χ3n) is 2.34. The Hall–Kier alpha value is -0.773. The van der Waals surface area contributed by atoms with E-state index in [-0.39, 0.29) is 17.8 Å². The van der Waals surface area contributed by atoms with Gasteiger partial charge in [-0.1, -0.05) is 20.8 Å².